The molecule has 2 atom stereocenters. The summed E-state index contributed by atoms with van der Waals surface area (Å²) in [6, 6.07) is 47.4. The van der Waals surface area contributed by atoms with Gasteiger partial charge < -0.3 is 18.9 Å². The van der Waals surface area contributed by atoms with E-state index in [2.05, 4.69) is 151 Å². The maximum atomic E-state index is 6.42. The molecule has 82 heavy (non-hydrogen) atoms. The summed E-state index contributed by atoms with van der Waals surface area (Å²) >= 11 is 0. The highest BCUT2D eigenvalue weighted by Gasteiger charge is 2.44. The lowest BCUT2D eigenvalue weighted by molar-refractivity contribution is -0.188. The second-order valence-corrected chi connectivity index (χ2v) is 25.5. The number of fused-ring (bicyclic) bond motifs is 6. The molecule has 0 saturated carbocycles. The van der Waals surface area contributed by atoms with Crippen molar-refractivity contribution in [1.29, 1.82) is 0 Å². The monoisotopic (exact) mass is 1100 g/mol. The first-order valence-electron chi connectivity index (χ1n) is 33.5. The number of unbranched alkanes of at least 4 members (excludes halogenated alkanes) is 20. The van der Waals surface area contributed by atoms with E-state index in [1.54, 1.807) is 22.3 Å². The smallest absolute Gasteiger partial charge is 0.147 e. The SMILES string of the molecule is CCCCCCCCC1(CCCCCCCC)c2cc(C)ccc2-c2ccc(-c3ccc4c(c3)C(CCCCCCCC)(CCCCCCCC)c3cc(-c5ccc(OCC6CC(COc7ccc(C)cc7)OCO6)cc5)ccc3-4)cc21. The van der Waals surface area contributed by atoms with Crippen LogP contribution in [-0.2, 0) is 20.3 Å². The summed E-state index contributed by atoms with van der Waals surface area (Å²) < 4.78 is 24.4. The molecule has 4 heteroatoms. The Kier molecular flexibility index (Phi) is 23.3. The first-order valence-corrected chi connectivity index (χ1v) is 33.5. The van der Waals surface area contributed by atoms with E-state index in [9.17, 15) is 0 Å². The van der Waals surface area contributed by atoms with Crippen molar-refractivity contribution in [1.82, 2.24) is 0 Å². The molecule has 0 aromatic heterocycles. The molecule has 0 radical (unpaired) electrons. The number of ether oxygens (including phenoxy) is 4. The lowest BCUT2D eigenvalue weighted by Gasteiger charge is -2.34. The number of hydrogen-bond donors (Lipinski definition) is 0. The molecular weight excluding hydrogens is 1000 g/mol. The molecule has 2 unspecified atom stereocenters. The largest absolute Gasteiger partial charge is 0.491 e. The highest BCUT2D eigenvalue weighted by Crippen LogP contribution is 2.58. The van der Waals surface area contributed by atoms with Crippen LogP contribution in [0.2, 0.25) is 0 Å². The van der Waals surface area contributed by atoms with Gasteiger partial charge in [0.1, 0.15) is 31.5 Å². The third-order valence-corrected chi connectivity index (χ3v) is 19.3. The lowest BCUT2D eigenvalue weighted by atomic mass is 9.69. The Bertz CT molecular complexity index is 2840. The van der Waals surface area contributed by atoms with E-state index in [1.807, 2.05) is 12.1 Å². The lowest BCUT2D eigenvalue weighted by Crippen LogP contribution is -2.38. The Morgan fingerprint density at radius 3 is 1.04 bits per heavy atom. The van der Waals surface area contributed by atoms with E-state index >= 15 is 0 Å². The second kappa shape index (κ2) is 31.1. The van der Waals surface area contributed by atoms with Crippen molar-refractivity contribution < 1.29 is 18.9 Å². The van der Waals surface area contributed by atoms with E-state index in [-0.39, 0.29) is 29.8 Å². The molecule has 1 saturated heterocycles. The van der Waals surface area contributed by atoms with Crippen LogP contribution in [0.15, 0.2) is 121 Å². The Morgan fingerprint density at radius 1 is 0.341 bits per heavy atom. The van der Waals surface area contributed by atoms with Gasteiger partial charge in [0.15, 0.2) is 0 Å². The molecule has 6 aromatic rings. The third-order valence-electron chi connectivity index (χ3n) is 19.3. The molecule has 0 N–H and O–H groups in total. The van der Waals surface area contributed by atoms with Gasteiger partial charge in [-0.05, 0) is 149 Å². The molecule has 0 amide bonds. The van der Waals surface area contributed by atoms with E-state index < -0.39 is 0 Å². The molecule has 4 nitrogen and oxygen atoms in total. The summed E-state index contributed by atoms with van der Waals surface area (Å²) in [5, 5.41) is 0. The van der Waals surface area contributed by atoms with Crippen molar-refractivity contribution in [2.75, 3.05) is 20.0 Å². The van der Waals surface area contributed by atoms with Crippen LogP contribution >= 0.6 is 0 Å². The van der Waals surface area contributed by atoms with Gasteiger partial charge in [-0.3, -0.25) is 0 Å². The molecule has 440 valence electrons. The first kappa shape index (κ1) is 61.4. The molecule has 0 bridgehead atoms. The molecule has 1 heterocycles. The van der Waals surface area contributed by atoms with Crippen LogP contribution in [0.5, 0.6) is 11.5 Å². The van der Waals surface area contributed by atoms with Gasteiger partial charge >= 0.3 is 0 Å². The van der Waals surface area contributed by atoms with Crippen molar-refractivity contribution in [3.8, 4) is 56.0 Å². The summed E-state index contributed by atoms with van der Waals surface area (Å²) in [6.07, 6.45) is 37.2. The first-order chi connectivity index (χ1) is 40.3. The highest BCUT2D eigenvalue weighted by molar-refractivity contribution is 5.88. The van der Waals surface area contributed by atoms with Crippen molar-refractivity contribution in [2.45, 2.75) is 251 Å². The van der Waals surface area contributed by atoms with E-state index in [4.69, 9.17) is 18.9 Å². The molecular formula is C78H104O4. The molecule has 1 aliphatic heterocycles. The normalized spacial score (nSPS) is 16.4. The summed E-state index contributed by atoms with van der Waals surface area (Å²) in [5.74, 6) is 1.73. The minimum Gasteiger partial charge on any atom is -0.491 e. The predicted molar refractivity (Wildman–Crippen MR) is 348 cm³/mol. The van der Waals surface area contributed by atoms with Gasteiger partial charge in [0.05, 0.1) is 12.2 Å². The van der Waals surface area contributed by atoms with Crippen LogP contribution in [0.25, 0.3) is 44.5 Å². The van der Waals surface area contributed by atoms with Crippen LogP contribution in [0.1, 0.15) is 247 Å². The van der Waals surface area contributed by atoms with E-state index in [0.29, 0.717) is 13.2 Å². The topological polar surface area (TPSA) is 36.9 Å². The Hall–Kier alpha value is -5.16. The fourth-order valence-electron chi connectivity index (χ4n) is 14.4. The van der Waals surface area contributed by atoms with Gasteiger partial charge in [-0.1, -0.05) is 272 Å². The van der Waals surface area contributed by atoms with Crippen molar-refractivity contribution in [2.24, 2.45) is 0 Å². The Labute approximate surface area is 497 Å². The van der Waals surface area contributed by atoms with Crippen molar-refractivity contribution >= 4 is 0 Å². The summed E-state index contributed by atoms with van der Waals surface area (Å²) in [4.78, 5) is 0. The number of benzene rings is 6. The van der Waals surface area contributed by atoms with Gasteiger partial charge in [-0.2, -0.15) is 0 Å². The fraction of sp³-hybridized carbons (Fsp3) is 0.538. The minimum atomic E-state index is -0.0622. The van der Waals surface area contributed by atoms with Crippen LogP contribution in [0.3, 0.4) is 0 Å². The highest BCUT2D eigenvalue weighted by atomic mass is 16.7. The summed E-state index contributed by atoms with van der Waals surface area (Å²) in [6.45, 7) is 15.0. The predicted octanol–water partition coefficient (Wildman–Crippen LogP) is 22.8. The number of rotatable bonds is 36. The third kappa shape index (κ3) is 15.4. The molecule has 6 aromatic carbocycles. The zero-order valence-electron chi connectivity index (χ0n) is 52.0. The number of aryl methyl sites for hydroxylation is 2. The van der Waals surface area contributed by atoms with Gasteiger partial charge in [0, 0.05) is 17.3 Å². The van der Waals surface area contributed by atoms with E-state index in [0.717, 1.165) is 17.9 Å². The molecule has 9 rings (SSSR count). The average Bonchev–Trinajstić information content (AvgIpc) is 2.93. The van der Waals surface area contributed by atoms with Crippen LogP contribution in [0, 0.1) is 13.8 Å². The minimum absolute atomic E-state index is 0.0425. The summed E-state index contributed by atoms with van der Waals surface area (Å²) in [7, 11) is 0. The van der Waals surface area contributed by atoms with Crippen molar-refractivity contribution in [3.05, 3.63) is 155 Å². The van der Waals surface area contributed by atoms with Crippen LogP contribution < -0.4 is 9.47 Å². The average molecular weight is 1110 g/mol. The quantitative estimate of drug-likeness (QED) is 0.0368. The number of hydrogen-bond acceptors (Lipinski definition) is 4. The zero-order chi connectivity index (χ0) is 57.0. The molecule has 3 aliphatic rings. The Balaban J connectivity index is 1.02. The maximum Gasteiger partial charge on any atom is 0.147 e. The van der Waals surface area contributed by atoms with Gasteiger partial charge in [-0.25, -0.2) is 0 Å². The standard InChI is InChI=1S/C78H104O4/c1-7-11-15-19-23-27-47-77(48-28-24-20-16-12-8-2)73-51-60(6)33-43-69(73)70-45-37-63(53-75(70)77)64-38-46-72-71-44-36-62(52-74(71)78(76(72)54-64,49-29-25-21-17-13-9-3)50-30-26-22-18-14-10-4)61-34-41-66(42-35-61)80-57-68-55-67(81-58-82-68)56-79-65-39-31-59(5)32-40-65/h31-46,51-54,67-68H,7-30,47-50,55-58H2,1-6H3. The molecule has 0 spiro atoms. The molecule has 1 fully saturated rings. The molecule has 2 aliphatic carbocycles. The Morgan fingerprint density at radius 2 is 0.646 bits per heavy atom. The second-order valence-electron chi connectivity index (χ2n) is 25.5. The fourth-order valence-corrected chi connectivity index (χ4v) is 14.4. The maximum absolute atomic E-state index is 6.42. The van der Waals surface area contributed by atoms with Crippen LogP contribution in [-0.4, -0.2) is 32.2 Å². The van der Waals surface area contributed by atoms with Gasteiger partial charge in [-0.15, -0.1) is 0 Å². The van der Waals surface area contributed by atoms with Gasteiger partial charge in [0.2, 0.25) is 0 Å². The zero-order valence-corrected chi connectivity index (χ0v) is 52.0. The van der Waals surface area contributed by atoms with Crippen molar-refractivity contribution in [3.63, 3.8) is 0 Å². The summed E-state index contributed by atoms with van der Waals surface area (Å²) in [5.41, 5.74) is 20.1. The van der Waals surface area contributed by atoms with E-state index in [1.165, 1.54) is 235 Å². The van der Waals surface area contributed by atoms with Gasteiger partial charge in [0.25, 0.3) is 0 Å². The van der Waals surface area contributed by atoms with Crippen LogP contribution in [0.4, 0.5) is 0 Å².